The van der Waals surface area contributed by atoms with Gasteiger partial charge in [0.2, 0.25) is 0 Å². The summed E-state index contributed by atoms with van der Waals surface area (Å²) in [5.41, 5.74) is 3.21. The monoisotopic (exact) mass is 455 g/mol. The fraction of sp³-hybridized carbons (Fsp3) is 0.185. The van der Waals surface area contributed by atoms with E-state index in [1.165, 1.54) is 4.57 Å². The number of benzene rings is 3. The molecule has 3 aromatic carbocycles. The number of carbonyl (C=O) groups excluding carboxylic acids is 2. The van der Waals surface area contributed by atoms with E-state index >= 15 is 0 Å². The zero-order chi connectivity index (χ0) is 23.9. The van der Waals surface area contributed by atoms with Crippen molar-refractivity contribution in [3.05, 3.63) is 106 Å². The number of para-hydroxylation sites is 2. The number of amides is 1. The Labute approximate surface area is 197 Å². The van der Waals surface area contributed by atoms with Crippen molar-refractivity contribution in [3.8, 4) is 0 Å². The first kappa shape index (κ1) is 22.9. The maximum atomic E-state index is 12.5. The summed E-state index contributed by atoms with van der Waals surface area (Å²) >= 11 is 0. The van der Waals surface area contributed by atoms with Crippen LogP contribution < -0.4 is 10.9 Å². The number of nitrogens with zero attached hydrogens (tertiary/aromatic N) is 2. The lowest BCUT2D eigenvalue weighted by atomic mass is 10.0. The van der Waals surface area contributed by atoms with E-state index in [0.717, 1.165) is 11.1 Å². The molecule has 172 valence electrons. The smallest absolute Gasteiger partial charge is 0.306 e. The highest BCUT2D eigenvalue weighted by Gasteiger charge is 2.13. The number of anilines is 1. The highest BCUT2D eigenvalue weighted by molar-refractivity contribution is 5.93. The lowest BCUT2D eigenvalue weighted by Crippen LogP contribution is -2.24. The number of hydrogen-bond acceptors (Lipinski definition) is 5. The number of esters is 1. The highest BCUT2D eigenvalue weighted by Crippen LogP contribution is 2.19. The molecule has 0 aliphatic heterocycles. The van der Waals surface area contributed by atoms with E-state index < -0.39 is 11.9 Å². The molecule has 0 saturated carbocycles. The van der Waals surface area contributed by atoms with Crippen LogP contribution in [0.25, 0.3) is 10.9 Å². The van der Waals surface area contributed by atoms with Gasteiger partial charge in [0.05, 0.1) is 17.3 Å². The largest absolute Gasteiger partial charge is 0.456 e. The van der Waals surface area contributed by atoms with Crippen LogP contribution in [0.2, 0.25) is 0 Å². The molecule has 4 aromatic rings. The maximum Gasteiger partial charge on any atom is 0.306 e. The fourth-order valence-corrected chi connectivity index (χ4v) is 3.72. The van der Waals surface area contributed by atoms with Gasteiger partial charge in [-0.3, -0.25) is 19.0 Å². The van der Waals surface area contributed by atoms with Gasteiger partial charge < -0.3 is 10.1 Å². The van der Waals surface area contributed by atoms with E-state index in [-0.39, 0.29) is 25.0 Å². The summed E-state index contributed by atoms with van der Waals surface area (Å²) in [5.74, 6) is -0.458. The maximum absolute atomic E-state index is 12.5. The summed E-state index contributed by atoms with van der Waals surface area (Å²) in [4.78, 5) is 41.6. The molecule has 1 amide bonds. The first-order chi connectivity index (χ1) is 16.5. The molecule has 0 radical (unpaired) electrons. The van der Waals surface area contributed by atoms with E-state index in [1.54, 1.807) is 25.2 Å². The van der Waals surface area contributed by atoms with Gasteiger partial charge in [-0.15, -0.1) is 0 Å². The summed E-state index contributed by atoms with van der Waals surface area (Å²) in [6.07, 6.45) is 0.919. The Morgan fingerprint density at radius 1 is 0.941 bits per heavy atom. The predicted octanol–water partition coefficient (Wildman–Crippen LogP) is 3.64. The van der Waals surface area contributed by atoms with Gasteiger partial charge in [-0.25, -0.2) is 4.98 Å². The van der Waals surface area contributed by atoms with Crippen LogP contribution in [0.1, 0.15) is 23.4 Å². The molecule has 0 atom stereocenters. The van der Waals surface area contributed by atoms with Crippen molar-refractivity contribution in [2.45, 2.75) is 19.3 Å². The first-order valence-corrected chi connectivity index (χ1v) is 11.0. The molecule has 34 heavy (non-hydrogen) atoms. The average Bonchev–Trinajstić information content (AvgIpc) is 2.86. The summed E-state index contributed by atoms with van der Waals surface area (Å²) < 4.78 is 6.58. The topological polar surface area (TPSA) is 90.3 Å². The summed E-state index contributed by atoms with van der Waals surface area (Å²) in [5, 5.41) is 3.35. The van der Waals surface area contributed by atoms with Crippen LogP contribution >= 0.6 is 0 Å². The van der Waals surface area contributed by atoms with Crippen LogP contribution in [0.3, 0.4) is 0 Å². The minimum atomic E-state index is -0.532. The van der Waals surface area contributed by atoms with Crippen LogP contribution in [0.4, 0.5) is 5.69 Å². The van der Waals surface area contributed by atoms with Gasteiger partial charge >= 0.3 is 5.97 Å². The number of hydrogen-bond donors (Lipinski definition) is 1. The molecule has 0 bridgehead atoms. The molecule has 4 rings (SSSR count). The second-order valence-electron chi connectivity index (χ2n) is 7.94. The number of carbonyl (C=O) groups is 2. The summed E-state index contributed by atoms with van der Waals surface area (Å²) in [6, 6.07) is 24.6. The molecule has 1 heterocycles. The molecule has 1 aromatic heterocycles. The number of fused-ring (bicyclic) bond motifs is 1. The van der Waals surface area contributed by atoms with Crippen molar-refractivity contribution < 1.29 is 14.3 Å². The number of ether oxygens (including phenoxy) is 1. The highest BCUT2D eigenvalue weighted by atomic mass is 16.5. The number of rotatable bonds is 8. The summed E-state index contributed by atoms with van der Waals surface area (Å²) in [6.45, 7) is -0.386. The predicted molar refractivity (Wildman–Crippen MR) is 131 cm³/mol. The number of aromatic nitrogens is 2. The van der Waals surface area contributed by atoms with Crippen LogP contribution in [-0.4, -0.2) is 28.0 Å². The zero-order valence-electron chi connectivity index (χ0n) is 18.9. The van der Waals surface area contributed by atoms with Crippen molar-refractivity contribution in [2.75, 3.05) is 11.9 Å². The minimum Gasteiger partial charge on any atom is -0.456 e. The van der Waals surface area contributed by atoms with E-state index in [1.807, 2.05) is 60.7 Å². The Bertz CT molecular complexity index is 1380. The van der Waals surface area contributed by atoms with Crippen molar-refractivity contribution >= 4 is 28.5 Å². The molecular weight excluding hydrogens is 430 g/mol. The van der Waals surface area contributed by atoms with Crippen LogP contribution in [0.15, 0.2) is 83.7 Å². The lowest BCUT2D eigenvalue weighted by molar-refractivity contribution is -0.147. The Balaban J connectivity index is 1.31. The van der Waals surface area contributed by atoms with E-state index in [2.05, 4.69) is 10.3 Å². The third-order valence-electron chi connectivity index (χ3n) is 5.52. The van der Waals surface area contributed by atoms with Crippen molar-refractivity contribution in [3.63, 3.8) is 0 Å². The van der Waals surface area contributed by atoms with Gasteiger partial charge in [0, 0.05) is 19.2 Å². The Morgan fingerprint density at radius 3 is 2.47 bits per heavy atom. The van der Waals surface area contributed by atoms with Gasteiger partial charge in [0.15, 0.2) is 6.61 Å². The second kappa shape index (κ2) is 10.6. The van der Waals surface area contributed by atoms with Gasteiger partial charge in [-0.2, -0.15) is 0 Å². The molecule has 0 saturated heterocycles. The van der Waals surface area contributed by atoms with E-state index in [4.69, 9.17) is 4.74 Å². The second-order valence-corrected chi connectivity index (χ2v) is 7.94. The van der Waals surface area contributed by atoms with Gasteiger partial charge in [0.25, 0.3) is 11.5 Å². The molecule has 1 N–H and O–H groups in total. The molecule has 0 aliphatic carbocycles. The van der Waals surface area contributed by atoms with Crippen molar-refractivity contribution in [2.24, 2.45) is 7.05 Å². The fourth-order valence-electron chi connectivity index (χ4n) is 3.72. The van der Waals surface area contributed by atoms with Crippen LogP contribution in [0.5, 0.6) is 0 Å². The van der Waals surface area contributed by atoms with Crippen LogP contribution in [-0.2, 0) is 34.2 Å². The van der Waals surface area contributed by atoms with Gasteiger partial charge in [0.1, 0.15) is 5.82 Å². The minimum absolute atomic E-state index is 0.0104. The van der Waals surface area contributed by atoms with Gasteiger partial charge in [-0.1, -0.05) is 60.7 Å². The Morgan fingerprint density at radius 2 is 1.65 bits per heavy atom. The molecule has 0 unspecified atom stereocenters. The molecule has 0 aliphatic rings. The molecular formula is C27H25N3O4. The van der Waals surface area contributed by atoms with Crippen LogP contribution in [0, 0.1) is 0 Å². The molecule has 7 nitrogen and oxygen atoms in total. The molecule has 7 heteroatoms. The third kappa shape index (κ3) is 5.56. The molecule has 0 spiro atoms. The van der Waals surface area contributed by atoms with Gasteiger partial charge in [-0.05, 0) is 35.7 Å². The van der Waals surface area contributed by atoms with E-state index in [9.17, 15) is 14.4 Å². The summed E-state index contributed by atoms with van der Waals surface area (Å²) in [7, 11) is 1.63. The molecule has 0 fully saturated rings. The normalized spacial score (nSPS) is 10.7. The standard InChI is InChI=1S/C27H25N3O4/c1-30-24(28-23-14-8-6-12-21(23)27(30)33)15-16-26(32)34-18-25(31)29-22-13-7-5-11-20(22)17-19-9-3-2-4-10-19/h2-14H,15-18H2,1H3,(H,29,31). The Kier molecular flexibility index (Phi) is 7.13. The third-order valence-corrected chi connectivity index (χ3v) is 5.52. The first-order valence-electron chi connectivity index (χ1n) is 11.0. The van der Waals surface area contributed by atoms with E-state index in [0.29, 0.717) is 28.8 Å². The zero-order valence-corrected chi connectivity index (χ0v) is 18.9. The quantitative estimate of drug-likeness (QED) is 0.410. The SMILES string of the molecule is Cn1c(CCC(=O)OCC(=O)Nc2ccccc2Cc2ccccc2)nc2ccccc2c1=O. The number of nitrogens with one attached hydrogen (secondary N) is 1. The number of aryl methyl sites for hydroxylation is 1. The Hall–Kier alpha value is -4.26. The van der Waals surface area contributed by atoms with Crippen molar-refractivity contribution in [1.82, 2.24) is 9.55 Å². The lowest BCUT2D eigenvalue weighted by Gasteiger charge is -2.12. The van der Waals surface area contributed by atoms with Crippen molar-refractivity contribution in [1.29, 1.82) is 0 Å². The average molecular weight is 456 g/mol.